The molecule has 1 saturated heterocycles. The van der Waals surface area contributed by atoms with Crippen LogP contribution in [0.25, 0.3) is 0 Å². The highest BCUT2D eigenvalue weighted by atomic mass is 32.2. The van der Waals surface area contributed by atoms with Crippen LogP contribution in [0.4, 0.5) is 0 Å². The minimum absolute atomic E-state index is 0.247. The molecular formula is C15H27N3O2S. The van der Waals surface area contributed by atoms with Gasteiger partial charge in [0.2, 0.25) is 10.0 Å². The van der Waals surface area contributed by atoms with E-state index in [0.29, 0.717) is 30.6 Å². The van der Waals surface area contributed by atoms with Gasteiger partial charge in [-0.1, -0.05) is 13.8 Å². The molecular weight excluding hydrogens is 286 g/mol. The van der Waals surface area contributed by atoms with Crippen molar-refractivity contribution in [3.63, 3.8) is 0 Å². The highest BCUT2D eigenvalue weighted by molar-refractivity contribution is 7.89. The fourth-order valence-electron chi connectivity index (χ4n) is 2.65. The van der Waals surface area contributed by atoms with Crippen molar-refractivity contribution < 1.29 is 8.42 Å². The first-order valence-electron chi connectivity index (χ1n) is 7.76. The minimum atomic E-state index is -3.33. The van der Waals surface area contributed by atoms with Crippen molar-refractivity contribution >= 4 is 10.0 Å². The molecule has 1 aromatic heterocycles. The molecule has 2 rings (SSSR count). The zero-order chi connectivity index (χ0) is 15.6. The average Bonchev–Trinajstić information content (AvgIpc) is 3.06. The van der Waals surface area contributed by atoms with E-state index in [0.717, 1.165) is 18.5 Å². The molecule has 1 aromatic rings. The molecule has 1 aliphatic rings. The maximum atomic E-state index is 12.7. The molecule has 0 radical (unpaired) electrons. The van der Waals surface area contributed by atoms with E-state index in [-0.39, 0.29) is 6.04 Å². The Labute approximate surface area is 128 Å². The van der Waals surface area contributed by atoms with Gasteiger partial charge in [0.25, 0.3) is 0 Å². The molecule has 0 bridgehead atoms. The first kappa shape index (κ1) is 16.5. The third-order valence-electron chi connectivity index (χ3n) is 3.86. The fraction of sp³-hybridized carbons (Fsp3) is 0.733. The predicted molar refractivity (Wildman–Crippen MR) is 84.8 cm³/mol. The van der Waals surface area contributed by atoms with Crippen LogP contribution in [0.5, 0.6) is 0 Å². The van der Waals surface area contributed by atoms with Crippen LogP contribution in [0.2, 0.25) is 0 Å². The van der Waals surface area contributed by atoms with Crippen molar-refractivity contribution in [2.75, 3.05) is 13.1 Å². The molecule has 6 heteroatoms. The van der Waals surface area contributed by atoms with Crippen molar-refractivity contribution in [2.45, 2.75) is 64.1 Å². The molecule has 1 N–H and O–H groups in total. The minimum Gasteiger partial charge on any atom is -0.346 e. The highest BCUT2D eigenvalue weighted by Crippen LogP contribution is 2.24. The molecule has 1 fully saturated rings. The lowest BCUT2D eigenvalue weighted by Crippen LogP contribution is -2.27. The highest BCUT2D eigenvalue weighted by Gasteiger charge is 2.29. The molecule has 2 heterocycles. The summed E-state index contributed by atoms with van der Waals surface area (Å²) in [5.74, 6) is 0. The molecule has 0 spiro atoms. The maximum absolute atomic E-state index is 12.7. The van der Waals surface area contributed by atoms with Crippen molar-refractivity contribution in [3.8, 4) is 0 Å². The second-order valence-corrected chi connectivity index (χ2v) is 8.25. The Balaban J connectivity index is 2.30. The van der Waals surface area contributed by atoms with Crippen molar-refractivity contribution in [1.29, 1.82) is 0 Å². The Hall–Kier alpha value is -0.850. The van der Waals surface area contributed by atoms with Crippen LogP contribution in [0, 0.1) is 0 Å². The van der Waals surface area contributed by atoms with E-state index in [9.17, 15) is 8.42 Å². The molecule has 0 saturated carbocycles. The maximum Gasteiger partial charge on any atom is 0.244 e. The van der Waals surface area contributed by atoms with E-state index < -0.39 is 10.0 Å². The van der Waals surface area contributed by atoms with E-state index in [1.165, 1.54) is 0 Å². The monoisotopic (exact) mass is 313 g/mol. The zero-order valence-electron chi connectivity index (χ0n) is 13.5. The first-order chi connectivity index (χ1) is 9.82. The molecule has 0 amide bonds. The predicted octanol–water partition coefficient (Wildman–Crippen LogP) is 2.35. The van der Waals surface area contributed by atoms with Gasteiger partial charge in [-0.15, -0.1) is 0 Å². The van der Waals surface area contributed by atoms with Gasteiger partial charge in [-0.3, -0.25) is 0 Å². The third-order valence-corrected chi connectivity index (χ3v) is 5.72. The second-order valence-electron chi connectivity index (χ2n) is 6.31. The van der Waals surface area contributed by atoms with Gasteiger partial charge in [0.15, 0.2) is 0 Å². The van der Waals surface area contributed by atoms with Crippen molar-refractivity contribution in [3.05, 3.63) is 18.0 Å². The number of hydrogen-bond acceptors (Lipinski definition) is 3. The molecule has 21 heavy (non-hydrogen) atoms. The molecule has 0 aliphatic carbocycles. The molecule has 0 unspecified atom stereocenters. The normalized spacial score (nSPS) is 17.2. The van der Waals surface area contributed by atoms with Crippen molar-refractivity contribution in [1.82, 2.24) is 14.2 Å². The van der Waals surface area contributed by atoms with Crippen molar-refractivity contribution in [2.24, 2.45) is 0 Å². The van der Waals surface area contributed by atoms with Crippen LogP contribution < -0.4 is 5.32 Å². The van der Waals surface area contributed by atoms with Gasteiger partial charge in [0.1, 0.15) is 4.90 Å². The average molecular weight is 313 g/mol. The Morgan fingerprint density at radius 3 is 2.33 bits per heavy atom. The lowest BCUT2D eigenvalue weighted by molar-refractivity contribution is 0.477. The van der Waals surface area contributed by atoms with E-state index in [4.69, 9.17) is 0 Å². The van der Waals surface area contributed by atoms with Gasteiger partial charge >= 0.3 is 0 Å². The van der Waals surface area contributed by atoms with Gasteiger partial charge in [-0.25, -0.2) is 8.42 Å². The summed E-state index contributed by atoms with van der Waals surface area (Å²) in [6.45, 7) is 10.3. The number of aromatic nitrogens is 1. The van der Waals surface area contributed by atoms with Crippen LogP contribution in [0.15, 0.2) is 17.2 Å². The van der Waals surface area contributed by atoms with E-state index in [1.807, 2.05) is 6.07 Å². The van der Waals surface area contributed by atoms with Gasteiger partial charge in [0, 0.05) is 43.6 Å². The van der Waals surface area contributed by atoms with Crippen LogP contribution in [-0.2, 0) is 16.6 Å². The second kappa shape index (κ2) is 6.50. The number of rotatable bonds is 6. The largest absolute Gasteiger partial charge is 0.346 e. The topological polar surface area (TPSA) is 54.3 Å². The lowest BCUT2D eigenvalue weighted by atomic mass is 10.3. The Morgan fingerprint density at radius 2 is 1.81 bits per heavy atom. The Kier molecular flexibility index (Phi) is 5.11. The Bertz CT molecular complexity index is 570. The molecule has 120 valence electrons. The van der Waals surface area contributed by atoms with E-state index in [1.54, 1.807) is 10.5 Å². The van der Waals surface area contributed by atoms with Crippen LogP contribution in [0.1, 0.15) is 52.3 Å². The molecule has 0 aromatic carbocycles. The van der Waals surface area contributed by atoms with Gasteiger partial charge in [-0.05, 0) is 32.8 Å². The zero-order valence-corrected chi connectivity index (χ0v) is 14.3. The van der Waals surface area contributed by atoms with Crippen LogP contribution >= 0.6 is 0 Å². The first-order valence-corrected chi connectivity index (χ1v) is 9.20. The summed E-state index contributed by atoms with van der Waals surface area (Å²) >= 11 is 0. The van der Waals surface area contributed by atoms with Gasteiger partial charge < -0.3 is 9.88 Å². The summed E-state index contributed by atoms with van der Waals surface area (Å²) in [7, 11) is -3.33. The fourth-order valence-corrected chi connectivity index (χ4v) is 4.22. The third kappa shape index (κ3) is 3.67. The quantitative estimate of drug-likeness (QED) is 0.877. The summed E-state index contributed by atoms with van der Waals surface area (Å²) in [6, 6.07) is 2.44. The van der Waals surface area contributed by atoms with Gasteiger partial charge in [0.05, 0.1) is 0 Å². The summed E-state index contributed by atoms with van der Waals surface area (Å²) in [6.07, 6.45) is 3.72. The standard InChI is InChI=1S/C15H27N3O2S/c1-12(2)16-10-14-9-15(11-18(14)13(3)4)21(19,20)17-7-5-6-8-17/h9,11-13,16H,5-8,10H2,1-4H3. The van der Waals surface area contributed by atoms with E-state index >= 15 is 0 Å². The summed E-state index contributed by atoms with van der Waals surface area (Å²) in [4.78, 5) is 0.429. The Morgan fingerprint density at radius 1 is 1.19 bits per heavy atom. The number of nitrogens with one attached hydrogen (secondary N) is 1. The SMILES string of the molecule is CC(C)NCc1cc(S(=O)(=O)N2CCCC2)cn1C(C)C. The summed E-state index contributed by atoms with van der Waals surface area (Å²) in [5, 5.41) is 3.36. The molecule has 0 atom stereocenters. The number of nitrogens with zero attached hydrogens (tertiary/aromatic N) is 2. The smallest absolute Gasteiger partial charge is 0.244 e. The van der Waals surface area contributed by atoms with Gasteiger partial charge in [-0.2, -0.15) is 4.31 Å². The summed E-state index contributed by atoms with van der Waals surface area (Å²) < 4.78 is 29.0. The molecule has 1 aliphatic heterocycles. The summed E-state index contributed by atoms with van der Waals surface area (Å²) in [5.41, 5.74) is 1.02. The van der Waals surface area contributed by atoms with E-state index in [2.05, 4.69) is 37.6 Å². The number of hydrogen-bond donors (Lipinski definition) is 1. The van der Waals surface area contributed by atoms with Crippen LogP contribution in [-0.4, -0.2) is 36.4 Å². The number of sulfonamides is 1. The van der Waals surface area contributed by atoms with Crippen LogP contribution in [0.3, 0.4) is 0 Å². The lowest BCUT2D eigenvalue weighted by Gasteiger charge is -2.15. The molecule has 5 nitrogen and oxygen atoms in total.